The van der Waals surface area contributed by atoms with Crippen LogP contribution in [0.3, 0.4) is 0 Å². The third-order valence-electron chi connectivity index (χ3n) is 0. The van der Waals surface area contributed by atoms with Crippen molar-refractivity contribution < 1.29 is 88.4 Å². The van der Waals surface area contributed by atoms with Gasteiger partial charge in [0.05, 0.1) is 0 Å². The van der Waals surface area contributed by atoms with E-state index in [0.717, 1.165) is 27.7 Å². The average molecular weight is 569 g/mol. The van der Waals surface area contributed by atoms with Gasteiger partial charge in [-0.1, -0.05) is 0 Å². The van der Waals surface area contributed by atoms with Gasteiger partial charge in [0, 0.05) is 44.2 Å². The maximum atomic E-state index is 9.00. The first-order valence-corrected chi connectivity index (χ1v) is 7.52. The molecule has 0 heterocycles. The molecule has 0 saturated carbocycles. The second-order valence-electron chi connectivity index (χ2n) is 2.16. The van der Waals surface area contributed by atoms with Crippen molar-refractivity contribution in [1.82, 2.24) is 0 Å². The van der Waals surface area contributed by atoms with E-state index >= 15 is 0 Å². The summed E-state index contributed by atoms with van der Waals surface area (Å²) >= 11 is -2.51. The number of hydrogen-bond acceptors (Lipinski definition) is 6. The van der Waals surface area contributed by atoms with E-state index in [1.54, 1.807) is 0 Å². The standard InChI is InChI=1S/4C2H4O2.Ni.2O.U/c4*1-2(3)4;;;;/h4*1H3,(H,3,4);;;;. The van der Waals surface area contributed by atoms with Crippen LogP contribution in [0.15, 0.2) is 0 Å². The van der Waals surface area contributed by atoms with Crippen LogP contribution in [0.25, 0.3) is 0 Å². The van der Waals surface area contributed by atoms with E-state index < -0.39 is 51.7 Å². The zero-order chi connectivity index (χ0) is 17.0. The molecule has 0 radical (unpaired) electrons. The van der Waals surface area contributed by atoms with Crippen LogP contribution < -0.4 is 0 Å². The molecule has 0 aromatic rings. The molecule has 10 nitrogen and oxygen atoms in total. The van der Waals surface area contributed by atoms with Gasteiger partial charge in [-0.15, -0.1) is 0 Å². The Morgan fingerprint density at radius 3 is 0.600 bits per heavy atom. The quantitative estimate of drug-likeness (QED) is 0.293. The van der Waals surface area contributed by atoms with Crippen LogP contribution in [0.1, 0.15) is 27.7 Å². The van der Waals surface area contributed by atoms with Crippen molar-refractivity contribution in [2.24, 2.45) is 0 Å². The summed E-state index contributed by atoms with van der Waals surface area (Å²) in [5.74, 6) is -3.33. The maximum absolute atomic E-state index is 9.00. The van der Waals surface area contributed by atoms with Crippen molar-refractivity contribution >= 4 is 23.9 Å². The summed E-state index contributed by atoms with van der Waals surface area (Å²) in [6, 6.07) is 0. The Morgan fingerprint density at radius 2 is 0.600 bits per heavy atom. The molecule has 0 atom stereocenters. The first-order valence-electron chi connectivity index (χ1n) is 4.12. The predicted molar refractivity (Wildman–Crippen MR) is 54.6 cm³/mol. The SMILES string of the molecule is CC(=O)O.CC(=O)O.CC(=O)O.CC(=O)O.[Ni].[O]=[U]=[O]. The Bertz CT molecular complexity index is 234. The van der Waals surface area contributed by atoms with Crippen molar-refractivity contribution in [1.29, 1.82) is 0 Å². The van der Waals surface area contributed by atoms with Gasteiger partial charge in [-0.05, 0) is 0 Å². The van der Waals surface area contributed by atoms with Crippen LogP contribution in [-0.4, -0.2) is 44.3 Å². The number of rotatable bonds is 0. The van der Waals surface area contributed by atoms with Gasteiger partial charge in [0.2, 0.25) is 0 Å². The van der Waals surface area contributed by atoms with Gasteiger partial charge in [0.25, 0.3) is 23.9 Å². The second kappa shape index (κ2) is 36.1. The summed E-state index contributed by atoms with van der Waals surface area (Å²) in [5.41, 5.74) is 0. The molecule has 0 unspecified atom stereocenters. The van der Waals surface area contributed by atoms with Crippen molar-refractivity contribution in [3.8, 4) is 0 Å². The summed E-state index contributed by atoms with van der Waals surface area (Å²) in [5, 5.41) is 29.7. The fourth-order valence-electron chi connectivity index (χ4n) is 0. The molecule has 0 aliphatic rings. The third-order valence-corrected chi connectivity index (χ3v) is 0. The predicted octanol–water partition coefficient (Wildman–Crippen LogP) is 0.124. The van der Waals surface area contributed by atoms with Gasteiger partial charge in [-0.2, -0.15) is 0 Å². The van der Waals surface area contributed by atoms with Crippen LogP contribution in [0.4, 0.5) is 0 Å². The van der Waals surface area contributed by atoms with Crippen LogP contribution in [0.2, 0.25) is 0 Å². The Balaban J connectivity index is -0.0000000304. The number of hydrogen-bond donors (Lipinski definition) is 4. The molecule has 0 aromatic carbocycles. The number of carbonyl (C=O) groups is 4. The molecule has 4 N–H and O–H groups in total. The van der Waals surface area contributed by atoms with Crippen molar-refractivity contribution in [3.05, 3.63) is 0 Å². The molecule has 0 fully saturated rings. The molecule has 122 valence electrons. The minimum atomic E-state index is -2.51. The molecule has 0 spiro atoms. The van der Waals surface area contributed by atoms with E-state index in [9.17, 15) is 0 Å². The topological polar surface area (TPSA) is 183 Å². The molecular formula is C8H16NiO10U. The Kier molecular flexibility index (Phi) is 65.8. The summed E-state index contributed by atoms with van der Waals surface area (Å²) in [7, 11) is 0. The zero-order valence-electron chi connectivity index (χ0n) is 11.1. The van der Waals surface area contributed by atoms with Gasteiger partial charge in [-0.3, -0.25) is 19.2 Å². The monoisotopic (exact) mass is 568 g/mol. The van der Waals surface area contributed by atoms with Crippen LogP contribution in [0.5, 0.6) is 0 Å². The summed E-state index contributed by atoms with van der Waals surface area (Å²) < 4.78 is 17.2. The molecule has 0 bridgehead atoms. The number of carboxylic acids is 4. The first kappa shape index (κ1) is 36.4. The second-order valence-corrected chi connectivity index (χ2v) is 2.85. The van der Waals surface area contributed by atoms with Gasteiger partial charge in [0.15, 0.2) is 0 Å². The van der Waals surface area contributed by atoms with Crippen LogP contribution >= 0.6 is 0 Å². The molecule has 0 rings (SSSR count). The average Bonchev–Trinajstić information content (AvgIpc) is 1.97. The van der Waals surface area contributed by atoms with E-state index in [4.69, 9.17) is 44.1 Å². The molecule has 0 saturated heterocycles. The van der Waals surface area contributed by atoms with Crippen molar-refractivity contribution in [2.75, 3.05) is 0 Å². The van der Waals surface area contributed by atoms with E-state index in [-0.39, 0.29) is 16.5 Å². The summed E-state index contributed by atoms with van der Waals surface area (Å²) in [6.07, 6.45) is 0. The summed E-state index contributed by atoms with van der Waals surface area (Å²) in [6.45, 7) is 4.33. The molecule has 20 heavy (non-hydrogen) atoms. The zero-order valence-corrected chi connectivity index (χ0v) is 16.2. The van der Waals surface area contributed by atoms with E-state index in [1.807, 2.05) is 0 Å². The van der Waals surface area contributed by atoms with Gasteiger partial charge >= 0.3 is 32.3 Å². The number of carboxylic acid groups (broad SMARTS) is 4. The minimum absolute atomic E-state index is 0. The third kappa shape index (κ3) is 4600. The first-order chi connectivity index (χ1) is 8.34. The number of aliphatic carboxylic acids is 4. The van der Waals surface area contributed by atoms with Crippen molar-refractivity contribution in [3.63, 3.8) is 0 Å². The fraction of sp³-hybridized carbons (Fsp3) is 0.500. The molecular weight excluding hydrogens is 553 g/mol. The summed E-state index contributed by atoms with van der Waals surface area (Å²) in [4.78, 5) is 36.0. The van der Waals surface area contributed by atoms with Gasteiger partial charge in [-0.25, -0.2) is 0 Å². The van der Waals surface area contributed by atoms with E-state index in [1.165, 1.54) is 0 Å². The fourth-order valence-corrected chi connectivity index (χ4v) is 0. The van der Waals surface area contributed by atoms with Crippen LogP contribution in [-0.2, 0) is 40.1 Å². The van der Waals surface area contributed by atoms with Crippen LogP contribution in [0, 0.1) is 27.8 Å². The molecule has 0 amide bonds. The molecule has 0 aliphatic carbocycles. The Labute approximate surface area is 139 Å². The Hall–Kier alpha value is -0.975. The van der Waals surface area contributed by atoms with Crippen molar-refractivity contribution in [2.45, 2.75) is 27.7 Å². The molecule has 12 heteroatoms. The molecule has 0 aliphatic heterocycles. The van der Waals surface area contributed by atoms with Gasteiger partial charge in [0.1, 0.15) is 0 Å². The Morgan fingerprint density at radius 1 is 0.600 bits per heavy atom. The van der Waals surface area contributed by atoms with E-state index in [0.29, 0.717) is 0 Å². The van der Waals surface area contributed by atoms with Gasteiger partial charge < -0.3 is 20.4 Å². The van der Waals surface area contributed by atoms with E-state index in [2.05, 4.69) is 0 Å². The molecule has 0 aromatic heterocycles. The normalized spacial score (nSPS) is 5.40.